The maximum absolute atomic E-state index is 12.1. The summed E-state index contributed by atoms with van der Waals surface area (Å²) in [6, 6.07) is 0. The Morgan fingerprint density at radius 2 is 1.45 bits per heavy atom. The van der Waals surface area contributed by atoms with Gasteiger partial charge in [-0.1, -0.05) is 70.4 Å². The summed E-state index contributed by atoms with van der Waals surface area (Å²) in [5.41, 5.74) is 0. The van der Waals surface area contributed by atoms with E-state index in [4.69, 9.17) is 14.0 Å². The molecule has 5 nitrogen and oxygen atoms in total. The number of ether oxygens (including phenoxy) is 1. The zero-order chi connectivity index (χ0) is 25.2. The summed E-state index contributed by atoms with van der Waals surface area (Å²) in [4.78, 5) is 23.2. The van der Waals surface area contributed by atoms with Gasteiger partial charge in [-0.25, -0.2) is 0 Å². The number of rotatable bonds is 20. The number of carbonyl (C=O) groups excluding carboxylic acids is 1. The van der Waals surface area contributed by atoms with Crippen LogP contribution in [0.5, 0.6) is 0 Å². The summed E-state index contributed by atoms with van der Waals surface area (Å²) < 4.78 is 27.7. The Hall–Kier alpha value is -1.07. The van der Waals surface area contributed by atoms with Gasteiger partial charge in [-0.15, -0.1) is 0 Å². The van der Waals surface area contributed by atoms with Gasteiger partial charge in [-0.3, -0.25) is 9.59 Å². The number of hydrogen-bond acceptors (Lipinski definition) is 3. The van der Waals surface area contributed by atoms with Gasteiger partial charge in [0.1, 0.15) is 6.54 Å². The van der Waals surface area contributed by atoms with Gasteiger partial charge in [0.2, 0.25) is 0 Å². The normalized spacial score (nSPS) is 14.4. The van der Waals surface area contributed by atoms with Crippen LogP contribution in [0.4, 0.5) is 0 Å². The van der Waals surface area contributed by atoms with Gasteiger partial charge in [0.05, 0.1) is 31.6 Å². The first-order chi connectivity index (χ1) is 15.5. The van der Waals surface area contributed by atoms with E-state index in [2.05, 4.69) is 19.1 Å². The molecule has 31 heavy (non-hydrogen) atoms. The molecule has 1 atom stereocenters. The molecule has 0 fully saturated rings. The summed E-state index contributed by atoms with van der Waals surface area (Å²) in [5, 5.41) is 9.07. The molecule has 0 radical (unpaired) electrons. The van der Waals surface area contributed by atoms with E-state index in [1.807, 2.05) is 0 Å². The van der Waals surface area contributed by atoms with Crippen LogP contribution in [-0.2, 0) is 14.3 Å². The molecule has 0 unspecified atom stereocenters. The van der Waals surface area contributed by atoms with Crippen molar-refractivity contribution in [2.75, 3.05) is 27.6 Å². The second-order valence-electron chi connectivity index (χ2n) is 8.91. The number of unbranched alkanes of at least 4 members (excludes halogenated alkanes) is 11. The molecule has 0 aromatic carbocycles. The van der Waals surface area contributed by atoms with Crippen molar-refractivity contribution in [1.82, 2.24) is 0 Å². The van der Waals surface area contributed by atoms with Crippen molar-refractivity contribution in [2.24, 2.45) is 0 Å². The molecule has 184 valence electrons. The molecule has 0 spiro atoms. The van der Waals surface area contributed by atoms with Crippen LogP contribution in [0.25, 0.3) is 0 Å². The molecule has 1 N–H and O–H groups in total. The molecule has 0 aliphatic carbocycles. The molecule has 6 heteroatoms. The molecule has 0 amide bonds. The smallest absolute Gasteiger partial charge is 0.307 e. The second-order valence-corrected chi connectivity index (χ2v) is 8.91. The first-order valence-electron chi connectivity index (χ1n) is 13.4. The summed E-state index contributed by atoms with van der Waals surface area (Å²) in [5.74, 6) is -1.57. The number of quaternary nitrogens is 1. The number of esters is 1. The summed E-state index contributed by atoms with van der Waals surface area (Å²) in [7, 11) is 2.97. The van der Waals surface area contributed by atoms with Gasteiger partial charge >= 0.3 is 11.9 Å². The maximum atomic E-state index is 12.1. The zero-order valence-corrected chi connectivity index (χ0v) is 20.8. The lowest BCUT2D eigenvalue weighted by Crippen LogP contribution is -3.00. The van der Waals surface area contributed by atoms with Crippen molar-refractivity contribution in [3.05, 3.63) is 12.2 Å². The van der Waals surface area contributed by atoms with Crippen LogP contribution in [0.1, 0.15) is 107 Å². The number of nitrogens with zero attached hydrogens (tertiary/aromatic N) is 1. The highest BCUT2D eigenvalue weighted by atomic mass is 35.5. The zero-order valence-electron chi connectivity index (χ0n) is 23.0. The van der Waals surface area contributed by atoms with Crippen molar-refractivity contribution in [3.63, 3.8) is 0 Å². The SMILES string of the molecule is [2H]C([2H])([2H])[N+](C)(C)C[C@@H](CC(=O)O)OC(=O)CCCCCCC/C=C\CCCCCCCC.[Cl-]. The number of carbonyl (C=O) groups is 2. The topological polar surface area (TPSA) is 63.6 Å². The first-order valence-corrected chi connectivity index (χ1v) is 11.9. The van der Waals surface area contributed by atoms with Crippen LogP contribution < -0.4 is 12.4 Å². The average Bonchev–Trinajstić information content (AvgIpc) is 2.69. The Labute approximate surface area is 201 Å². The largest absolute Gasteiger partial charge is 1.00 e. The lowest BCUT2D eigenvalue weighted by Gasteiger charge is -2.28. The Kier molecular flexibility index (Phi) is 17.6. The van der Waals surface area contributed by atoms with Crippen LogP contribution >= 0.6 is 0 Å². The molecule has 0 rings (SSSR count). The van der Waals surface area contributed by atoms with Crippen LogP contribution in [-0.4, -0.2) is 55.2 Å². The van der Waals surface area contributed by atoms with Crippen LogP contribution in [0.15, 0.2) is 12.2 Å². The Morgan fingerprint density at radius 1 is 0.935 bits per heavy atom. The molecule has 0 aromatic rings. The number of carboxylic acid groups (broad SMARTS) is 1. The molecule has 0 aliphatic heterocycles. The number of carboxylic acids is 1. The van der Waals surface area contributed by atoms with Crippen molar-refractivity contribution < 1.29 is 40.4 Å². The minimum absolute atomic E-state index is 0. The molecular formula is C25H48ClNO4. The van der Waals surface area contributed by atoms with Crippen molar-refractivity contribution in [1.29, 1.82) is 0 Å². The van der Waals surface area contributed by atoms with E-state index in [0.717, 1.165) is 32.1 Å². The van der Waals surface area contributed by atoms with Gasteiger partial charge in [0.15, 0.2) is 6.10 Å². The number of aliphatic carboxylic acids is 1. The van der Waals surface area contributed by atoms with Crippen LogP contribution in [0.3, 0.4) is 0 Å². The van der Waals surface area contributed by atoms with E-state index in [1.54, 1.807) is 0 Å². The van der Waals surface area contributed by atoms with E-state index in [-0.39, 0.29) is 25.4 Å². The van der Waals surface area contributed by atoms with Gasteiger partial charge < -0.3 is 26.7 Å². The highest BCUT2D eigenvalue weighted by Crippen LogP contribution is 2.12. The van der Waals surface area contributed by atoms with Gasteiger partial charge in [0, 0.05) is 6.42 Å². The molecule has 0 aliphatic rings. The lowest BCUT2D eigenvalue weighted by molar-refractivity contribution is -0.873. The van der Waals surface area contributed by atoms with E-state index in [9.17, 15) is 9.59 Å². The fourth-order valence-corrected chi connectivity index (χ4v) is 3.43. The van der Waals surface area contributed by atoms with Gasteiger partial charge in [0.25, 0.3) is 0 Å². The molecular weight excluding hydrogens is 414 g/mol. The highest BCUT2D eigenvalue weighted by Gasteiger charge is 2.24. The monoisotopic (exact) mass is 464 g/mol. The molecule has 0 saturated heterocycles. The Bertz CT molecular complexity index is 569. The van der Waals surface area contributed by atoms with Crippen LogP contribution in [0, 0.1) is 0 Å². The summed E-state index contributed by atoms with van der Waals surface area (Å²) in [6.07, 6.45) is 18.7. The summed E-state index contributed by atoms with van der Waals surface area (Å²) >= 11 is 0. The van der Waals surface area contributed by atoms with Crippen molar-refractivity contribution in [2.45, 2.75) is 109 Å². The average molecular weight is 465 g/mol. The third-order valence-corrected chi connectivity index (χ3v) is 5.00. The number of hydrogen-bond donors (Lipinski definition) is 1. The predicted octanol–water partition coefficient (Wildman–Crippen LogP) is 3.12. The molecule has 0 bridgehead atoms. The fourth-order valence-electron chi connectivity index (χ4n) is 3.43. The van der Waals surface area contributed by atoms with E-state index in [0.29, 0.717) is 6.42 Å². The minimum Gasteiger partial charge on any atom is -1.00 e. The Morgan fingerprint density at radius 3 is 1.97 bits per heavy atom. The van der Waals surface area contributed by atoms with Gasteiger partial charge in [-0.05, 0) is 32.1 Å². The second kappa shape index (κ2) is 20.8. The van der Waals surface area contributed by atoms with Crippen LogP contribution in [0.2, 0.25) is 0 Å². The van der Waals surface area contributed by atoms with E-state index in [1.165, 1.54) is 59.0 Å². The fraction of sp³-hybridized carbons (Fsp3) is 0.840. The van der Waals surface area contributed by atoms with Crippen molar-refractivity contribution in [3.8, 4) is 0 Å². The third kappa shape index (κ3) is 25.1. The van der Waals surface area contributed by atoms with Crippen molar-refractivity contribution >= 4 is 11.9 Å². The Balaban J connectivity index is 0. The van der Waals surface area contributed by atoms with E-state index < -0.39 is 35.9 Å². The van der Waals surface area contributed by atoms with Gasteiger partial charge in [-0.2, -0.15) is 0 Å². The molecule has 0 heterocycles. The van der Waals surface area contributed by atoms with E-state index >= 15 is 0 Å². The lowest BCUT2D eigenvalue weighted by atomic mass is 10.1. The highest BCUT2D eigenvalue weighted by molar-refractivity contribution is 5.71. The molecule has 0 saturated carbocycles. The first kappa shape index (κ1) is 26.2. The molecule has 0 aromatic heterocycles. The standard InChI is InChI=1S/C25H47NO4.ClH/c1-5-6-7-8-9-10-11-12-13-14-15-16-17-18-19-20-25(29)30-23(21-24(27)28)22-26(2,3)4;/h12-13,23H,5-11,14-22H2,1-4H3;1H/b13-12-;/t23-;/m1./s1/i2D3;. The predicted molar refractivity (Wildman–Crippen MR) is 124 cm³/mol. The minimum atomic E-state index is -2.31. The third-order valence-electron chi connectivity index (χ3n) is 5.00. The number of allylic oxidation sites excluding steroid dienone is 2. The number of halogens is 1. The number of likely N-dealkylation sites (N-methyl/N-ethyl adjacent to an activating group) is 1. The quantitative estimate of drug-likeness (QED) is 0.130. The maximum Gasteiger partial charge on any atom is 0.307 e. The summed E-state index contributed by atoms with van der Waals surface area (Å²) in [6.45, 7) is -0.141.